The van der Waals surface area contributed by atoms with Crippen molar-refractivity contribution in [2.45, 2.75) is 19.4 Å². The summed E-state index contributed by atoms with van der Waals surface area (Å²) in [5.41, 5.74) is 1.22. The second kappa shape index (κ2) is 5.23. The Bertz CT molecular complexity index is 488. The summed E-state index contributed by atoms with van der Waals surface area (Å²) in [6, 6.07) is 18.0. The van der Waals surface area contributed by atoms with Crippen LogP contribution in [0, 0.1) is 0 Å². The van der Waals surface area contributed by atoms with E-state index < -0.39 is 0 Å². The Labute approximate surface area is 109 Å². The second-order valence-corrected chi connectivity index (χ2v) is 4.81. The first-order valence-corrected chi connectivity index (χ1v) is 6.14. The van der Waals surface area contributed by atoms with Crippen molar-refractivity contribution in [1.82, 2.24) is 5.32 Å². The first kappa shape index (κ1) is 12.7. The molecular formula is C16H19NO. The van der Waals surface area contributed by atoms with Crippen molar-refractivity contribution in [1.29, 1.82) is 0 Å². The van der Waals surface area contributed by atoms with Gasteiger partial charge in [-0.25, -0.2) is 0 Å². The quantitative estimate of drug-likeness (QED) is 0.875. The molecule has 2 aromatic carbocycles. The normalized spacial score (nSPS) is 11.3. The standard InChI is InChI=1S/C16H19NO/c1-16(2,17-3)13-9-11-15(12-10-13)18-14-7-5-4-6-8-14/h4-12,17H,1-3H3. The first-order chi connectivity index (χ1) is 8.62. The van der Waals surface area contributed by atoms with Gasteiger partial charge in [0.2, 0.25) is 0 Å². The van der Waals surface area contributed by atoms with Crippen LogP contribution in [0.3, 0.4) is 0 Å². The van der Waals surface area contributed by atoms with E-state index in [1.807, 2.05) is 49.5 Å². The SMILES string of the molecule is CNC(C)(C)c1ccc(Oc2ccccc2)cc1. The Morgan fingerprint density at radius 1 is 0.833 bits per heavy atom. The number of benzene rings is 2. The number of para-hydroxylation sites is 1. The van der Waals surface area contributed by atoms with Crippen LogP contribution < -0.4 is 10.1 Å². The molecule has 0 saturated carbocycles. The predicted molar refractivity (Wildman–Crippen MR) is 75.0 cm³/mol. The van der Waals surface area contributed by atoms with E-state index in [9.17, 15) is 0 Å². The lowest BCUT2D eigenvalue weighted by molar-refractivity contribution is 0.442. The van der Waals surface area contributed by atoms with Gasteiger partial charge < -0.3 is 10.1 Å². The fourth-order valence-electron chi connectivity index (χ4n) is 1.71. The Morgan fingerprint density at radius 2 is 1.39 bits per heavy atom. The van der Waals surface area contributed by atoms with Crippen molar-refractivity contribution >= 4 is 0 Å². The van der Waals surface area contributed by atoms with Crippen molar-refractivity contribution in [3.05, 3.63) is 60.2 Å². The van der Waals surface area contributed by atoms with E-state index in [0.29, 0.717) is 0 Å². The Hall–Kier alpha value is -1.80. The van der Waals surface area contributed by atoms with Gasteiger partial charge >= 0.3 is 0 Å². The fourth-order valence-corrected chi connectivity index (χ4v) is 1.71. The maximum absolute atomic E-state index is 5.76. The zero-order chi connectivity index (χ0) is 13.0. The Balaban J connectivity index is 2.14. The molecule has 0 amide bonds. The lowest BCUT2D eigenvalue weighted by atomic mass is 9.95. The Kier molecular flexibility index (Phi) is 3.68. The van der Waals surface area contributed by atoms with Crippen molar-refractivity contribution in [3.8, 4) is 11.5 Å². The zero-order valence-electron chi connectivity index (χ0n) is 11.1. The van der Waals surface area contributed by atoms with Gasteiger partial charge in [-0.15, -0.1) is 0 Å². The van der Waals surface area contributed by atoms with Crippen molar-refractivity contribution in [2.75, 3.05) is 7.05 Å². The average molecular weight is 241 g/mol. The van der Waals surface area contributed by atoms with Crippen LogP contribution in [0.15, 0.2) is 54.6 Å². The highest BCUT2D eigenvalue weighted by atomic mass is 16.5. The molecule has 1 N–H and O–H groups in total. The minimum atomic E-state index is -0.0225. The van der Waals surface area contributed by atoms with Gasteiger partial charge in [0.15, 0.2) is 0 Å². The van der Waals surface area contributed by atoms with E-state index in [2.05, 4.69) is 31.3 Å². The molecule has 0 aliphatic rings. The molecule has 0 fully saturated rings. The van der Waals surface area contributed by atoms with Gasteiger partial charge in [0.25, 0.3) is 0 Å². The summed E-state index contributed by atoms with van der Waals surface area (Å²) >= 11 is 0. The molecule has 0 spiro atoms. The summed E-state index contributed by atoms with van der Waals surface area (Å²) < 4.78 is 5.76. The fraction of sp³-hybridized carbons (Fsp3) is 0.250. The summed E-state index contributed by atoms with van der Waals surface area (Å²) in [6.07, 6.45) is 0. The van der Waals surface area contributed by atoms with Gasteiger partial charge in [-0.1, -0.05) is 30.3 Å². The molecule has 94 valence electrons. The largest absolute Gasteiger partial charge is 0.457 e. The van der Waals surface area contributed by atoms with E-state index in [1.54, 1.807) is 0 Å². The zero-order valence-corrected chi connectivity index (χ0v) is 11.1. The van der Waals surface area contributed by atoms with Gasteiger partial charge in [0, 0.05) is 5.54 Å². The number of hydrogen-bond acceptors (Lipinski definition) is 2. The van der Waals surface area contributed by atoms with Crippen LogP contribution in [0.5, 0.6) is 11.5 Å². The smallest absolute Gasteiger partial charge is 0.127 e. The van der Waals surface area contributed by atoms with Crippen LogP contribution >= 0.6 is 0 Å². The molecule has 0 bridgehead atoms. The molecule has 0 atom stereocenters. The van der Waals surface area contributed by atoms with E-state index in [1.165, 1.54) is 5.56 Å². The molecule has 0 aliphatic heterocycles. The van der Waals surface area contributed by atoms with E-state index in [-0.39, 0.29) is 5.54 Å². The topological polar surface area (TPSA) is 21.3 Å². The number of hydrogen-bond donors (Lipinski definition) is 1. The molecule has 0 unspecified atom stereocenters. The van der Waals surface area contributed by atoms with Crippen molar-refractivity contribution < 1.29 is 4.74 Å². The molecule has 2 aromatic rings. The minimum absolute atomic E-state index is 0.0225. The highest BCUT2D eigenvalue weighted by molar-refractivity contribution is 5.34. The third kappa shape index (κ3) is 2.90. The third-order valence-corrected chi connectivity index (χ3v) is 3.18. The van der Waals surface area contributed by atoms with Gasteiger partial charge in [-0.05, 0) is 50.7 Å². The van der Waals surface area contributed by atoms with Crippen molar-refractivity contribution in [2.24, 2.45) is 0 Å². The van der Waals surface area contributed by atoms with Crippen LogP contribution in [0.4, 0.5) is 0 Å². The van der Waals surface area contributed by atoms with Crippen LogP contribution in [0.2, 0.25) is 0 Å². The highest BCUT2D eigenvalue weighted by Gasteiger charge is 2.17. The molecule has 0 saturated heterocycles. The summed E-state index contributed by atoms with van der Waals surface area (Å²) in [7, 11) is 1.97. The lowest BCUT2D eigenvalue weighted by Gasteiger charge is -2.24. The summed E-state index contributed by atoms with van der Waals surface area (Å²) in [5.74, 6) is 1.72. The average Bonchev–Trinajstić information content (AvgIpc) is 2.40. The van der Waals surface area contributed by atoms with Gasteiger partial charge in [-0.3, -0.25) is 0 Å². The van der Waals surface area contributed by atoms with E-state index >= 15 is 0 Å². The number of ether oxygens (including phenoxy) is 1. The maximum Gasteiger partial charge on any atom is 0.127 e. The van der Waals surface area contributed by atoms with Gasteiger partial charge in [0.1, 0.15) is 11.5 Å². The Morgan fingerprint density at radius 3 is 1.94 bits per heavy atom. The van der Waals surface area contributed by atoms with Crippen molar-refractivity contribution in [3.63, 3.8) is 0 Å². The van der Waals surface area contributed by atoms with E-state index in [0.717, 1.165) is 11.5 Å². The molecule has 0 aliphatic carbocycles. The summed E-state index contributed by atoms with van der Waals surface area (Å²) in [6.45, 7) is 4.31. The third-order valence-electron chi connectivity index (χ3n) is 3.18. The number of rotatable bonds is 4. The monoisotopic (exact) mass is 241 g/mol. The van der Waals surface area contributed by atoms with Gasteiger partial charge in [-0.2, -0.15) is 0 Å². The molecular weight excluding hydrogens is 222 g/mol. The summed E-state index contributed by atoms with van der Waals surface area (Å²) in [4.78, 5) is 0. The number of nitrogens with one attached hydrogen (secondary N) is 1. The molecule has 0 heterocycles. The molecule has 2 nitrogen and oxygen atoms in total. The van der Waals surface area contributed by atoms with Crippen LogP contribution in [-0.2, 0) is 5.54 Å². The maximum atomic E-state index is 5.76. The molecule has 0 aromatic heterocycles. The summed E-state index contributed by atoms with van der Waals surface area (Å²) in [5, 5.41) is 3.29. The van der Waals surface area contributed by atoms with E-state index in [4.69, 9.17) is 4.74 Å². The molecule has 2 heteroatoms. The molecule has 18 heavy (non-hydrogen) atoms. The molecule has 0 radical (unpaired) electrons. The van der Waals surface area contributed by atoms with Gasteiger partial charge in [0.05, 0.1) is 0 Å². The van der Waals surface area contributed by atoms with Crippen LogP contribution in [0.25, 0.3) is 0 Å². The highest BCUT2D eigenvalue weighted by Crippen LogP contribution is 2.25. The minimum Gasteiger partial charge on any atom is -0.457 e. The lowest BCUT2D eigenvalue weighted by Crippen LogP contribution is -2.32. The van der Waals surface area contributed by atoms with Crippen LogP contribution in [0.1, 0.15) is 19.4 Å². The molecule has 2 rings (SSSR count). The van der Waals surface area contributed by atoms with Crippen LogP contribution in [-0.4, -0.2) is 7.05 Å². The second-order valence-electron chi connectivity index (χ2n) is 4.81. The first-order valence-electron chi connectivity index (χ1n) is 6.14. The predicted octanol–water partition coefficient (Wildman–Crippen LogP) is 3.93.